The molecule has 72 valence electrons. The molecule has 0 spiro atoms. The van der Waals surface area contributed by atoms with E-state index in [-0.39, 0.29) is 11.2 Å². The van der Waals surface area contributed by atoms with E-state index in [0.717, 1.165) is 12.8 Å². The van der Waals surface area contributed by atoms with Crippen LogP contribution < -0.4 is 5.73 Å². The van der Waals surface area contributed by atoms with Crippen molar-refractivity contribution in [1.29, 1.82) is 0 Å². The second-order valence-electron chi connectivity index (χ2n) is 3.19. The van der Waals surface area contributed by atoms with E-state index in [1.54, 1.807) is 0 Å². The lowest BCUT2D eigenvalue weighted by Crippen LogP contribution is -2.18. The summed E-state index contributed by atoms with van der Waals surface area (Å²) in [6, 6.07) is 0. The molecule has 1 aliphatic rings. The molecule has 0 amide bonds. The molecule has 1 aliphatic carbocycles. The third-order valence-corrected chi connectivity index (χ3v) is 3.85. The fourth-order valence-corrected chi connectivity index (χ4v) is 2.94. The monoisotopic (exact) mass is 200 g/mol. The SMILES string of the molecule is Nc1ncn(S(=O)C2CCCC2)n1. The van der Waals surface area contributed by atoms with Crippen LogP contribution in [0.5, 0.6) is 0 Å². The first-order valence-electron chi connectivity index (χ1n) is 4.35. The number of hydrogen-bond acceptors (Lipinski definition) is 4. The van der Waals surface area contributed by atoms with Crippen LogP contribution in [-0.2, 0) is 11.0 Å². The van der Waals surface area contributed by atoms with E-state index < -0.39 is 11.0 Å². The van der Waals surface area contributed by atoms with Gasteiger partial charge in [0.15, 0.2) is 0 Å². The number of nitrogen functional groups attached to an aromatic ring is 1. The van der Waals surface area contributed by atoms with Gasteiger partial charge < -0.3 is 5.73 Å². The number of nitrogens with two attached hydrogens (primary N) is 1. The predicted molar refractivity (Wildman–Crippen MR) is 50.2 cm³/mol. The van der Waals surface area contributed by atoms with Crippen molar-refractivity contribution in [3.05, 3.63) is 6.33 Å². The van der Waals surface area contributed by atoms with Gasteiger partial charge in [-0.1, -0.05) is 12.8 Å². The van der Waals surface area contributed by atoms with Crippen LogP contribution in [0.1, 0.15) is 25.7 Å². The Morgan fingerprint density at radius 2 is 2.23 bits per heavy atom. The summed E-state index contributed by atoms with van der Waals surface area (Å²) >= 11 is 0. The minimum atomic E-state index is -1.07. The molecule has 0 aliphatic heterocycles. The van der Waals surface area contributed by atoms with Crippen molar-refractivity contribution < 1.29 is 4.21 Å². The molecule has 1 unspecified atom stereocenters. The van der Waals surface area contributed by atoms with E-state index in [1.807, 2.05) is 0 Å². The van der Waals surface area contributed by atoms with Crippen LogP contribution in [-0.4, -0.2) is 23.6 Å². The highest BCUT2D eigenvalue weighted by atomic mass is 32.2. The summed E-state index contributed by atoms with van der Waals surface area (Å²) in [6.45, 7) is 0. The Balaban J connectivity index is 2.12. The number of nitrogens with zero attached hydrogens (tertiary/aromatic N) is 3. The normalized spacial score (nSPS) is 20.6. The number of rotatable bonds is 2. The van der Waals surface area contributed by atoms with Crippen molar-refractivity contribution in [2.24, 2.45) is 0 Å². The smallest absolute Gasteiger partial charge is 0.240 e. The van der Waals surface area contributed by atoms with E-state index >= 15 is 0 Å². The van der Waals surface area contributed by atoms with Gasteiger partial charge in [-0.15, -0.1) is 5.10 Å². The average Bonchev–Trinajstić information content (AvgIpc) is 2.72. The van der Waals surface area contributed by atoms with Gasteiger partial charge in [-0.25, -0.2) is 4.21 Å². The van der Waals surface area contributed by atoms with Gasteiger partial charge >= 0.3 is 0 Å². The lowest BCUT2D eigenvalue weighted by Gasteiger charge is -2.06. The summed E-state index contributed by atoms with van der Waals surface area (Å²) in [6.07, 6.45) is 5.81. The molecule has 0 radical (unpaired) electrons. The van der Waals surface area contributed by atoms with E-state index in [2.05, 4.69) is 10.1 Å². The zero-order valence-electron chi connectivity index (χ0n) is 7.22. The van der Waals surface area contributed by atoms with Crippen molar-refractivity contribution in [2.45, 2.75) is 30.9 Å². The molecule has 1 saturated carbocycles. The third-order valence-electron chi connectivity index (χ3n) is 2.26. The predicted octanol–water partition coefficient (Wildman–Crippen LogP) is 0.315. The number of anilines is 1. The van der Waals surface area contributed by atoms with Crippen LogP contribution in [0.15, 0.2) is 6.33 Å². The summed E-state index contributed by atoms with van der Waals surface area (Å²) in [4.78, 5) is 3.75. The first-order chi connectivity index (χ1) is 6.27. The number of hydrogen-bond donors (Lipinski definition) is 1. The van der Waals surface area contributed by atoms with Crippen molar-refractivity contribution in [2.75, 3.05) is 5.73 Å². The molecule has 0 aromatic carbocycles. The topological polar surface area (TPSA) is 73.8 Å². The van der Waals surface area contributed by atoms with Crippen LogP contribution in [0, 0.1) is 0 Å². The first kappa shape index (κ1) is 8.68. The maximum absolute atomic E-state index is 11.8. The van der Waals surface area contributed by atoms with Crippen molar-refractivity contribution in [1.82, 2.24) is 14.2 Å². The molecule has 1 fully saturated rings. The standard InChI is InChI=1S/C7H12N4OS/c8-7-9-5-11(10-7)13(12)6-3-1-2-4-6/h5-6H,1-4H2,(H2,8,10). The van der Waals surface area contributed by atoms with Crippen molar-refractivity contribution in [3.8, 4) is 0 Å². The van der Waals surface area contributed by atoms with Gasteiger partial charge in [0.1, 0.15) is 17.3 Å². The van der Waals surface area contributed by atoms with Crippen LogP contribution in [0.3, 0.4) is 0 Å². The van der Waals surface area contributed by atoms with Crippen LogP contribution in [0.2, 0.25) is 0 Å². The first-order valence-corrected chi connectivity index (χ1v) is 5.52. The second kappa shape index (κ2) is 3.45. The van der Waals surface area contributed by atoms with E-state index in [1.165, 1.54) is 23.3 Å². The largest absolute Gasteiger partial charge is 0.366 e. The molecule has 1 atom stereocenters. The van der Waals surface area contributed by atoms with Crippen molar-refractivity contribution >= 4 is 16.9 Å². The summed E-state index contributed by atoms with van der Waals surface area (Å²) in [5, 5.41) is 4.08. The molecule has 0 saturated heterocycles. The molecular formula is C7H12N4OS. The quantitative estimate of drug-likeness (QED) is 0.745. The summed E-state index contributed by atoms with van der Waals surface area (Å²) in [5.74, 6) is 0.186. The fraction of sp³-hybridized carbons (Fsp3) is 0.714. The molecule has 0 bridgehead atoms. The molecule has 1 aromatic heterocycles. The van der Waals surface area contributed by atoms with Gasteiger partial charge in [0.25, 0.3) is 0 Å². The summed E-state index contributed by atoms with van der Waals surface area (Å²) in [5.41, 5.74) is 5.34. The van der Waals surface area contributed by atoms with Gasteiger partial charge in [0.05, 0.1) is 5.25 Å². The summed E-state index contributed by atoms with van der Waals surface area (Å²) < 4.78 is 13.1. The van der Waals surface area contributed by atoms with Gasteiger partial charge in [0, 0.05) is 0 Å². The lowest BCUT2D eigenvalue weighted by molar-refractivity contribution is 0.655. The Labute approximate surface area is 78.9 Å². The number of aromatic nitrogens is 3. The van der Waals surface area contributed by atoms with Gasteiger partial charge in [-0.3, -0.25) is 0 Å². The minimum absolute atomic E-state index is 0.186. The molecule has 6 heteroatoms. The van der Waals surface area contributed by atoms with E-state index in [0.29, 0.717) is 0 Å². The molecule has 2 N–H and O–H groups in total. The van der Waals surface area contributed by atoms with Gasteiger partial charge in [-0.2, -0.15) is 9.07 Å². The minimum Gasteiger partial charge on any atom is -0.366 e. The Morgan fingerprint density at radius 1 is 1.54 bits per heavy atom. The molecule has 1 aromatic rings. The molecular weight excluding hydrogens is 188 g/mol. The van der Waals surface area contributed by atoms with Crippen molar-refractivity contribution in [3.63, 3.8) is 0 Å². The van der Waals surface area contributed by atoms with E-state index in [4.69, 9.17) is 5.73 Å². The third kappa shape index (κ3) is 1.72. The van der Waals surface area contributed by atoms with Crippen LogP contribution in [0.25, 0.3) is 0 Å². The molecule has 13 heavy (non-hydrogen) atoms. The second-order valence-corrected chi connectivity index (χ2v) is 4.78. The highest BCUT2D eigenvalue weighted by molar-refractivity contribution is 7.84. The molecule has 1 heterocycles. The highest BCUT2D eigenvalue weighted by Crippen LogP contribution is 2.23. The fourth-order valence-electron chi connectivity index (χ4n) is 1.59. The zero-order valence-corrected chi connectivity index (χ0v) is 8.04. The Hall–Kier alpha value is -0.910. The average molecular weight is 200 g/mol. The maximum Gasteiger partial charge on any atom is 0.240 e. The Morgan fingerprint density at radius 3 is 2.77 bits per heavy atom. The van der Waals surface area contributed by atoms with Crippen LogP contribution in [0.4, 0.5) is 5.95 Å². The lowest BCUT2D eigenvalue weighted by atomic mass is 10.4. The zero-order chi connectivity index (χ0) is 9.26. The van der Waals surface area contributed by atoms with Gasteiger partial charge in [-0.05, 0) is 12.8 Å². The maximum atomic E-state index is 11.8. The van der Waals surface area contributed by atoms with Gasteiger partial charge in [0.2, 0.25) is 5.95 Å². The summed E-state index contributed by atoms with van der Waals surface area (Å²) in [7, 11) is -1.07. The van der Waals surface area contributed by atoms with E-state index in [9.17, 15) is 4.21 Å². The molecule has 2 rings (SSSR count). The Bertz CT molecular complexity index is 318. The Kier molecular flexibility index (Phi) is 2.30. The van der Waals surface area contributed by atoms with Crippen LogP contribution >= 0.6 is 0 Å². The highest BCUT2D eigenvalue weighted by Gasteiger charge is 2.23. The molecule has 5 nitrogen and oxygen atoms in total.